The molecule has 0 aliphatic carbocycles. The predicted octanol–water partition coefficient (Wildman–Crippen LogP) is 2.15. The second-order valence-corrected chi connectivity index (χ2v) is 7.02. The van der Waals surface area contributed by atoms with Crippen LogP contribution in [0.15, 0.2) is 42.5 Å². The molecule has 9 nitrogen and oxygen atoms in total. The Kier molecular flexibility index (Phi) is 6.86. The first-order chi connectivity index (χ1) is 14.9. The van der Waals surface area contributed by atoms with Crippen LogP contribution in [-0.2, 0) is 14.4 Å². The summed E-state index contributed by atoms with van der Waals surface area (Å²) in [5.74, 6) is -0.783. The molecule has 1 heterocycles. The zero-order chi connectivity index (χ0) is 22.4. The van der Waals surface area contributed by atoms with Gasteiger partial charge in [0, 0.05) is 30.4 Å². The molecule has 1 aliphatic heterocycles. The maximum Gasteiger partial charge on any atom is 0.265 e. The molecule has 31 heavy (non-hydrogen) atoms. The molecule has 2 aromatic carbocycles. The molecule has 3 N–H and O–H groups in total. The van der Waals surface area contributed by atoms with Crippen molar-refractivity contribution < 1.29 is 23.9 Å². The van der Waals surface area contributed by atoms with Crippen LogP contribution in [0.25, 0.3) is 0 Å². The minimum absolute atomic E-state index is 0.134. The Labute approximate surface area is 179 Å². The van der Waals surface area contributed by atoms with Gasteiger partial charge in [-0.1, -0.05) is 13.0 Å². The number of rotatable bonds is 7. The zero-order valence-electron chi connectivity index (χ0n) is 17.4. The Hall–Kier alpha value is -3.88. The van der Waals surface area contributed by atoms with E-state index in [1.54, 1.807) is 42.5 Å². The summed E-state index contributed by atoms with van der Waals surface area (Å²) in [5.41, 5.74) is 1.71. The Morgan fingerprint density at radius 2 is 1.84 bits per heavy atom. The number of carbonyl (C=O) groups excluding carboxylic acids is 4. The standard InChI is InChI=1S/C22H24N4O5/c1-3-9-23-20(28)12-26-18-11-17(7-8-19(18)31-13-21(26)29)25-22(30)15-5-4-6-16(10-15)24-14(2)27/h4-8,10-11H,3,9,12-13H2,1-2H3,(H,23,28)(H,24,27)(H,25,30). The number of hydrogen-bond donors (Lipinski definition) is 3. The van der Waals surface area contributed by atoms with Gasteiger partial charge in [-0.05, 0) is 42.8 Å². The van der Waals surface area contributed by atoms with Gasteiger partial charge < -0.3 is 20.7 Å². The summed E-state index contributed by atoms with van der Waals surface area (Å²) in [6, 6.07) is 11.4. The highest BCUT2D eigenvalue weighted by atomic mass is 16.5. The highest BCUT2D eigenvalue weighted by molar-refractivity contribution is 6.07. The first-order valence-corrected chi connectivity index (χ1v) is 9.90. The molecule has 0 aromatic heterocycles. The number of nitrogens with zero attached hydrogens (tertiary/aromatic N) is 1. The molecule has 4 amide bonds. The predicted molar refractivity (Wildman–Crippen MR) is 116 cm³/mol. The van der Waals surface area contributed by atoms with Gasteiger partial charge in [0.2, 0.25) is 11.8 Å². The van der Waals surface area contributed by atoms with Crippen molar-refractivity contribution in [2.24, 2.45) is 0 Å². The third kappa shape index (κ3) is 5.59. The summed E-state index contributed by atoms with van der Waals surface area (Å²) in [6.45, 7) is 3.56. The fourth-order valence-corrected chi connectivity index (χ4v) is 3.06. The SMILES string of the molecule is CCCNC(=O)CN1C(=O)COc2ccc(NC(=O)c3cccc(NC(C)=O)c3)cc21. The molecule has 0 unspecified atom stereocenters. The van der Waals surface area contributed by atoms with Gasteiger partial charge >= 0.3 is 0 Å². The molecule has 2 aromatic rings. The first-order valence-electron chi connectivity index (χ1n) is 9.90. The van der Waals surface area contributed by atoms with Gasteiger partial charge in [-0.25, -0.2) is 0 Å². The average molecular weight is 424 g/mol. The molecule has 0 fully saturated rings. The molecular weight excluding hydrogens is 400 g/mol. The van der Waals surface area contributed by atoms with Gasteiger partial charge in [0.1, 0.15) is 12.3 Å². The lowest BCUT2D eigenvalue weighted by Crippen LogP contribution is -2.45. The van der Waals surface area contributed by atoms with Crippen LogP contribution >= 0.6 is 0 Å². The number of fused-ring (bicyclic) bond motifs is 1. The van der Waals surface area contributed by atoms with Crippen molar-refractivity contribution in [3.8, 4) is 5.75 Å². The smallest absolute Gasteiger partial charge is 0.265 e. The molecule has 0 radical (unpaired) electrons. The maximum absolute atomic E-state index is 12.7. The van der Waals surface area contributed by atoms with Crippen LogP contribution in [-0.4, -0.2) is 43.3 Å². The molecule has 0 saturated heterocycles. The fraction of sp³-hybridized carbons (Fsp3) is 0.273. The number of hydrogen-bond acceptors (Lipinski definition) is 5. The van der Waals surface area contributed by atoms with E-state index in [4.69, 9.17) is 4.74 Å². The summed E-state index contributed by atoms with van der Waals surface area (Å²) in [4.78, 5) is 49.7. The van der Waals surface area contributed by atoms with E-state index in [9.17, 15) is 19.2 Å². The Bertz CT molecular complexity index is 1020. The van der Waals surface area contributed by atoms with E-state index in [1.165, 1.54) is 11.8 Å². The Balaban J connectivity index is 1.78. The van der Waals surface area contributed by atoms with Crippen LogP contribution in [0, 0.1) is 0 Å². The quantitative estimate of drug-likeness (QED) is 0.630. The van der Waals surface area contributed by atoms with Crippen LogP contribution in [0.1, 0.15) is 30.6 Å². The molecule has 0 spiro atoms. The number of carbonyl (C=O) groups is 4. The van der Waals surface area contributed by atoms with Crippen molar-refractivity contribution >= 4 is 40.7 Å². The van der Waals surface area contributed by atoms with Gasteiger partial charge in [0.05, 0.1) is 5.69 Å². The molecule has 0 saturated carbocycles. The normalized spacial score (nSPS) is 12.5. The van der Waals surface area contributed by atoms with Crippen LogP contribution in [0.5, 0.6) is 5.75 Å². The molecule has 0 bridgehead atoms. The van der Waals surface area contributed by atoms with Crippen molar-refractivity contribution in [3.05, 3.63) is 48.0 Å². The Morgan fingerprint density at radius 3 is 2.58 bits per heavy atom. The van der Waals surface area contributed by atoms with Crippen molar-refractivity contribution in [1.29, 1.82) is 0 Å². The van der Waals surface area contributed by atoms with Gasteiger partial charge in [0.15, 0.2) is 6.61 Å². The van der Waals surface area contributed by atoms with Crippen molar-refractivity contribution in [1.82, 2.24) is 5.32 Å². The lowest BCUT2D eigenvalue weighted by Gasteiger charge is -2.29. The summed E-state index contributed by atoms with van der Waals surface area (Å²) < 4.78 is 5.45. The molecule has 1 aliphatic rings. The molecule has 9 heteroatoms. The van der Waals surface area contributed by atoms with E-state index in [-0.39, 0.29) is 36.8 Å². The number of benzene rings is 2. The highest BCUT2D eigenvalue weighted by Crippen LogP contribution is 2.34. The monoisotopic (exact) mass is 424 g/mol. The van der Waals surface area contributed by atoms with E-state index in [0.29, 0.717) is 34.9 Å². The maximum atomic E-state index is 12.7. The number of ether oxygens (including phenoxy) is 1. The summed E-state index contributed by atoms with van der Waals surface area (Å²) in [6.07, 6.45) is 0.790. The number of nitrogens with one attached hydrogen (secondary N) is 3. The third-order valence-corrected chi connectivity index (χ3v) is 4.48. The summed E-state index contributed by atoms with van der Waals surface area (Å²) in [7, 11) is 0. The fourth-order valence-electron chi connectivity index (χ4n) is 3.06. The average Bonchev–Trinajstić information content (AvgIpc) is 2.74. The summed E-state index contributed by atoms with van der Waals surface area (Å²) >= 11 is 0. The first kappa shape index (κ1) is 21.8. The number of amides is 4. The topological polar surface area (TPSA) is 117 Å². The number of anilines is 3. The van der Waals surface area contributed by atoms with E-state index >= 15 is 0 Å². The third-order valence-electron chi connectivity index (χ3n) is 4.48. The second kappa shape index (κ2) is 9.75. The van der Waals surface area contributed by atoms with Crippen LogP contribution < -0.4 is 25.6 Å². The highest BCUT2D eigenvalue weighted by Gasteiger charge is 2.27. The van der Waals surface area contributed by atoms with Gasteiger partial charge in [0.25, 0.3) is 11.8 Å². The van der Waals surface area contributed by atoms with E-state index in [1.807, 2.05) is 6.92 Å². The second-order valence-electron chi connectivity index (χ2n) is 7.02. The molecular formula is C22H24N4O5. The van der Waals surface area contributed by atoms with Crippen molar-refractivity contribution in [3.63, 3.8) is 0 Å². The van der Waals surface area contributed by atoms with Gasteiger partial charge in [-0.15, -0.1) is 0 Å². The molecule has 0 atom stereocenters. The van der Waals surface area contributed by atoms with Gasteiger partial charge in [-0.2, -0.15) is 0 Å². The lowest BCUT2D eigenvalue weighted by molar-refractivity contribution is -0.125. The van der Waals surface area contributed by atoms with E-state index in [2.05, 4.69) is 16.0 Å². The van der Waals surface area contributed by atoms with Gasteiger partial charge in [-0.3, -0.25) is 24.1 Å². The Morgan fingerprint density at radius 1 is 1.06 bits per heavy atom. The van der Waals surface area contributed by atoms with E-state index in [0.717, 1.165) is 6.42 Å². The molecule has 3 rings (SSSR count). The largest absolute Gasteiger partial charge is 0.482 e. The molecule has 162 valence electrons. The van der Waals surface area contributed by atoms with Crippen molar-refractivity contribution in [2.45, 2.75) is 20.3 Å². The van der Waals surface area contributed by atoms with Crippen LogP contribution in [0.4, 0.5) is 17.1 Å². The lowest BCUT2D eigenvalue weighted by atomic mass is 10.1. The summed E-state index contributed by atoms with van der Waals surface area (Å²) in [5, 5.41) is 8.14. The zero-order valence-corrected chi connectivity index (χ0v) is 17.4. The minimum atomic E-state index is -0.387. The van der Waals surface area contributed by atoms with E-state index < -0.39 is 0 Å². The van der Waals surface area contributed by atoms with Crippen molar-refractivity contribution in [2.75, 3.05) is 35.2 Å². The van der Waals surface area contributed by atoms with Crippen LogP contribution in [0.3, 0.4) is 0 Å². The van der Waals surface area contributed by atoms with Crippen LogP contribution in [0.2, 0.25) is 0 Å². The minimum Gasteiger partial charge on any atom is -0.482 e.